The third kappa shape index (κ3) is 6.25. The number of likely N-dealkylation sites (tertiary alicyclic amines) is 1. The monoisotopic (exact) mass is 283 g/mol. The summed E-state index contributed by atoms with van der Waals surface area (Å²) >= 11 is 0. The summed E-state index contributed by atoms with van der Waals surface area (Å²) < 4.78 is 5.56. The number of piperidine rings is 1. The highest BCUT2D eigenvalue weighted by Crippen LogP contribution is 2.33. The molecule has 0 unspecified atom stereocenters. The van der Waals surface area contributed by atoms with Gasteiger partial charge in [-0.15, -0.1) is 0 Å². The van der Waals surface area contributed by atoms with Gasteiger partial charge in [-0.3, -0.25) is 4.79 Å². The van der Waals surface area contributed by atoms with Crippen molar-refractivity contribution >= 4 is 5.91 Å². The lowest BCUT2D eigenvalue weighted by Crippen LogP contribution is -2.42. The number of ether oxygens (including phenoxy) is 1. The molecule has 20 heavy (non-hydrogen) atoms. The smallest absolute Gasteiger partial charge is 0.224 e. The maximum atomic E-state index is 12.1. The molecular formula is C17H33NO2. The predicted octanol–water partition coefficient (Wildman–Crippen LogP) is 3.87. The van der Waals surface area contributed by atoms with Gasteiger partial charge in [0.15, 0.2) is 0 Å². The molecule has 0 spiro atoms. The molecule has 0 saturated carbocycles. The fourth-order valence-corrected chi connectivity index (χ4v) is 2.66. The molecule has 0 bridgehead atoms. The number of hydrogen-bond donors (Lipinski definition) is 0. The standard InChI is InChI=1S/C17H33NO2/c1-5-17(4)9-11-18(12-10-17)16(19)8-14-20-13-6-7-15(2)3/h15H,5-14H2,1-4H3. The topological polar surface area (TPSA) is 29.5 Å². The number of hydrogen-bond acceptors (Lipinski definition) is 2. The van der Waals surface area contributed by atoms with Crippen molar-refractivity contribution in [3.63, 3.8) is 0 Å². The van der Waals surface area contributed by atoms with Gasteiger partial charge in [-0.25, -0.2) is 0 Å². The molecule has 1 rings (SSSR count). The first-order valence-corrected chi connectivity index (χ1v) is 8.32. The number of carbonyl (C=O) groups is 1. The van der Waals surface area contributed by atoms with E-state index in [1.165, 1.54) is 12.8 Å². The van der Waals surface area contributed by atoms with E-state index in [4.69, 9.17) is 4.74 Å². The van der Waals surface area contributed by atoms with Crippen LogP contribution in [0.2, 0.25) is 0 Å². The van der Waals surface area contributed by atoms with Crippen molar-refractivity contribution in [2.75, 3.05) is 26.3 Å². The summed E-state index contributed by atoms with van der Waals surface area (Å²) in [6.45, 7) is 12.3. The van der Waals surface area contributed by atoms with Gasteiger partial charge in [0.2, 0.25) is 5.91 Å². The fraction of sp³-hybridized carbons (Fsp3) is 0.941. The zero-order chi connectivity index (χ0) is 15.0. The van der Waals surface area contributed by atoms with Crippen molar-refractivity contribution in [1.82, 2.24) is 4.90 Å². The summed E-state index contributed by atoms with van der Waals surface area (Å²) in [5.41, 5.74) is 0.449. The highest BCUT2D eigenvalue weighted by molar-refractivity contribution is 5.76. The average Bonchev–Trinajstić information content (AvgIpc) is 2.43. The van der Waals surface area contributed by atoms with E-state index in [-0.39, 0.29) is 5.91 Å². The van der Waals surface area contributed by atoms with Gasteiger partial charge in [0, 0.05) is 19.7 Å². The Balaban J connectivity index is 2.09. The van der Waals surface area contributed by atoms with Gasteiger partial charge in [-0.05, 0) is 37.0 Å². The summed E-state index contributed by atoms with van der Waals surface area (Å²) in [4.78, 5) is 14.1. The molecule has 3 heteroatoms. The van der Waals surface area contributed by atoms with Gasteiger partial charge < -0.3 is 9.64 Å². The third-order valence-electron chi connectivity index (χ3n) is 4.71. The van der Waals surface area contributed by atoms with Crippen LogP contribution in [0.25, 0.3) is 0 Å². The van der Waals surface area contributed by atoms with Gasteiger partial charge in [-0.2, -0.15) is 0 Å². The van der Waals surface area contributed by atoms with E-state index in [0.29, 0.717) is 18.4 Å². The van der Waals surface area contributed by atoms with Crippen LogP contribution in [0.5, 0.6) is 0 Å². The molecule has 3 nitrogen and oxygen atoms in total. The molecule has 1 amide bonds. The van der Waals surface area contributed by atoms with Crippen LogP contribution in [-0.2, 0) is 9.53 Å². The maximum absolute atomic E-state index is 12.1. The molecular weight excluding hydrogens is 250 g/mol. The van der Waals surface area contributed by atoms with E-state index in [2.05, 4.69) is 27.7 Å². The Labute approximate surface area is 125 Å². The van der Waals surface area contributed by atoms with Crippen LogP contribution in [0.1, 0.15) is 66.2 Å². The number of nitrogens with zero attached hydrogens (tertiary/aromatic N) is 1. The van der Waals surface area contributed by atoms with E-state index in [1.54, 1.807) is 0 Å². The van der Waals surface area contributed by atoms with E-state index >= 15 is 0 Å². The average molecular weight is 283 g/mol. The molecule has 0 aliphatic carbocycles. The Bertz CT molecular complexity index is 281. The normalized spacial score (nSPS) is 18.6. The van der Waals surface area contributed by atoms with Gasteiger partial charge in [0.1, 0.15) is 0 Å². The fourth-order valence-electron chi connectivity index (χ4n) is 2.66. The lowest BCUT2D eigenvalue weighted by atomic mass is 9.78. The molecule has 0 radical (unpaired) electrons. The minimum Gasteiger partial charge on any atom is -0.381 e. The first-order valence-electron chi connectivity index (χ1n) is 8.32. The van der Waals surface area contributed by atoms with E-state index in [1.807, 2.05) is 4.90 Å². The molecule has 118 valence electrons. The lowest BCUT2D eigenvalue weighted by Gasteiger charge is -2.39. The summed E-state index contributed by atoms with van der Waals surface area (Å²) in [7, 11) is 0. The Hall–Kier alpha value is -0.570. The van der Waals surface area contributed by atoms with Crippen LogP contribution >= 0.6 is 0 Å². The van der Waals surface area contributed by atoms with Gasteiger partial charge >= 0.3 is 0 Å². The van der Waals surface area contributed by atoms with E-state index in [0.717, 1.165) is 44.9 Å². The maximum Gasteiger partial charge on any atom is 0.224 e. The van der Waals surface area contributed by atoms with Crippen molar-refractivity contribution in [3.8, 4) is 0 Å². The lowest BCUT2D eigenvalue weighted by molar-refractivity contribution is -0.134. The summed E-state index contributed by atoms with van der Waals surface area (Å²) in [5.74, 6) is 1.01. The second kappa shape index (κ2) is 8.66. The largest absolute Gasteiger partial charge is 0.381 e. The Kier molecular flexibility index (Phi) is 7.57. The summed E-state index contributed by atoms with van der Waals surface area (Å²) in [5, 5.41) is 0. The van der Waals surface area contributed by atoms with Crippen LogP contribution in [0.4, 0.5) is 0 Å². The number of amides is 1. The Morgan fingerprint density at radius 2 is 1.90 bits per heavy atom. The van der Waals surface area contributed by atoms with Crippen molar-refractivity contribution in [1.29, 1.82) is 0 Å². The predicted molar refractivity (Wildman–Crippen MR) is 83.7 cm³/mol. The van der Waals surface area contributed by atoms with Crippen LogP contribution in [0.3, 0.4) is 0 Å². The molecule has 0 aromatic heterocycles. The van der Waals surface area contributed by atoms with E-state index in [9.17, 15) is 4.79 Å². The molecule has 0 N–H and O–H groups in total. The summed E-state index contributed by atoms with van der Waals surface area (Å²) in [6.07, 6.45) is 6.35. The molecule has 1 heterocycles. The Morgan fingerprint density at radius 3 is 2.45 bits per heavy atom. The first kappa shape index (κ1) is 17.5. The Morgan fingerprint density at radius 1 is 1.25 bits per heavy atom. The third-order valence-corrected chi connectivity index (χ3v) is 4.71. The number of rotatable bonds is 8. The minimum absolute atomic E-state index is 0.270. The van der Waals surface area contributed by atoms with Crippen LogP contribution in [0, 0.1) is 11.3 Å². The number of carbonyl (C=O) groups excluding carboxylic acids is 1. The molecule has 1 aliphatic rings. The van der Waals surface area contributed by atoms with Crippen LogP contribution in [-0.4, -0.2) is 37.1 Å². The van der Waals surface area contributed by atoms with Crippen molar-refractivity contribution in [3.05, 3.63) is 0 Å². The molecule has 1 fully saturated rings. The zero-order valence-corrected chi connectivity index (χ0v) is 13.9. The molecule has 1 saturated heterocycles. The van der Waals surface area contributed by atoms with Crippen molar-refractivity contribution in [2.45, 2.75) is 66.2 Å². The molecule has 0 atom stereocenters. The first-order chi connectivity index (χ1) is 9.47. The quantitative estimate of drug-likeness (QED) is 0.633. The second-order valence-corrected chi connectivity index (χ2v) is 6.94. The molecule has 0 aromatic rings. The highest BCUT2D eigenvalue weighted by Gasteiger charge is 2.29. The van der Waals surface area contributed by atoms with Crippen LogP contribution < -0.4 is 0 Å². The molecule has 0 aromatic carbocycles. The van der Waals surface area contributed by atoms with Gasteiger partial charge in [0.05, 0.1) is 13.0 Å². The minimum atomic E-state index is 0.270. The van der Waals surface area contributed by atoms with E-state index < -0.39 is 0 Å². The van der Waals surface area contributed by atoms with Crippen molar-refractivity contribution in [2.24, 2.45) is 11.3 Å². The van der Waals surface area contributed by atoms with Crippen LogP contribution in [0.15, 0.2) is 0 Å². The second-order valence-electron chi connectivity index (χ2n) is 6.94. The highest BCUT2D eigenvalue weighted by atomic mass is 16.5. The summed E-state index contributed by atoms with van der Waals surface area (Å²) in [6, 6.07) is 0. The SMILES string of the molecule is CCC1(C)CCN(C(=O)CCOCCCC(C)C)CC1. The molecule has 1 aliphatic heterocycles. The van der Waals surface area contributed by atoms with Gasteiger partial charge in [-0.1, -0.05) is 34.1 Å². The van der Waals surface area contributed by atoms with Gasteiger partial charge in [0.25, 0.3) is 0 Å². The zero-order valence-electron chi connectivity index (χ0n) is 13.9. The van der Waals surface area contributed by atoms with Crippen molar-refractivity contribution < 1.29 is 9.53 Å².